The van der Waals surface area contributed by atoms with Crippen LogP contribution in [0.4, 0.5) is 5.82 Å². The Kier molecular flexibility index (Phi) is 24.7. The van der Waals surface area contributed by atoms with Crippen LogP contribution < -0.4 is 15.7 Å². The van der Waals surface area contributed by atoms with Crippen LogP contribution >= 0.6 is 0 Å². The summed E-state index contributed by atoms with van der Waals surface area (Å²) < 4.78 is 29.4. The number of aromatic amines is 1. The monoisotopic (exact) mass is 869 g/mol. The first-order chi connectivity index (χ1) is 30.3. The number of rotatable bonds is 34. The van der Waals surface area contributed by atoms with Crippen LogP contribution in [0.2, 0.25) is 0 Å². The fraction of sp³-hybridized carbons (Fsp3) is 0.717. The molecule has 1 amide bonds. The molecule has 4 rings (SSSR count). The second-order valence-corrected chi connectivity index (χ2v) is 16.0. The molecule has 0 bridgehead atoms. The number of aryl methyl sites for hydroxylation is 1. The Balaban J connectivity index is 1.26. The van der Waals surface area contributed by atoms with Gasteiger partial charge < -0.3 is 38.9 Å². The molecule has 16 nitrogen and oxygen atoms in total. The first-order valence-electron chi connectivity index (χ1n) is 23.4. The summed E-state index contributed by atoms with van der Waals surface area (Å²) in [6.45, 7) is 19.7. The molecular formula is C46H76N8O8. The molecule has 0 aliphatic carbocycles. The van der Waals surface area contributed by atoms with Gasteiger partial charge in [0.2, 0.25) is 5.91 Å². The van der Waals surface area contributed by atoms with E-state index in [1.165, 1.54) is 7.11 Å². The molecule has 2 aromatic heterocycles. The Hall–Kier alpha value is -3.93. The number of aromatic nitrogens is 4. The number of carbonyl (C=O) groups excluding carboxylic acids is 2. The van der Waals surface area contributed by atoms with Crippen LogP contribution in [0.3, 0.4) is 0 Å². The van der Waals surface area contributed by atoms with Gasteiger partial charge in [-0.3, -0.25) is 19.2 Å². The van der Waals surface area contributed by atoms with Gasteiger partial charge in [-0.05, 0) is 76.0 Å². The Labute approximate surface area is 369 Å². The van der Waals surface area contributed by atoms with Gasteiger partial charge in [0.1, 0.15) is 5.52 Å². The summed E-state index contributed by atoms with van der Waals surface area (Å²) in [5.74, 6) is -0.263. The van der Waals surface area contributed by atoms with E-state index in [0.29, 0.717) is 69.0 Å². The largest absolute Gasteiger partial charge is 0.465 e. The van der Waals surface area contributed by atoms with Crippen molar-refractivity contribution in [3.63, 3.8) is 0 Å². The molecule has 1 aliphatic heterocycles. The Morgan fingerprint density at radius 2 is 1.52 bits per heavy atom. The van der Waals surface area contributed by atoms with Crippen LogP contribution in [0.5, 0.6) is 6.01 Å². The maximum absolute atomic E-state index is 13.4. The molecule has 2 N–H and O–H groups in total. The van der Waals surface area contributed by atoms with Gasteiger partial charge in [-0.1, -0.05) is 71.4 Å². The van der Waals surface area contributed by atoms with Crippen molar-refractivity contribution in [2.45, 2.75) is 111 Å². The third-order valence-electron chi connectivity index (χ3n) is 11.3. The summed E-state index contributed by atoms with van der Waals surface area (Å²) in [5.41, 5.74) is 2.01. The van der Waals surface area contributed by atoms with E-state index in [2.05, 4.69) is 55.7 Å². The number of hydrogen-bond donors (Lipinski definition) is 2. The zero-order valence-electron chi connectivity index (χ0n) is 38.3. The number of amides is 1. The topological polar surface area (TPSA) is 166 Å². The van der Waals surface area contributed by atoms with E-state index in [-0.39, 0.29) is 29.4 Å². The van der Waals surface area contributed by atoms with Gasteiger partial charge >= 0.3 is 17.7 Å². The van der Waals surface area contributed by atoms with Crippen LogP contribution in [0.1, 0.15) is 114 Å². The fourth-order valence-electron chi connectivity index (χ4n) is 7.54. The number of nitrogens with one attached hydrogen (secondary N) is 2. The predicted molar refractivity (Wildman–Crippen MR) is 243 cm³/mol. The molecule has 16 heteroatoms. The molecule has 0 spiro atoms. The maximum Gasteiger partial charge on any atom is 0.337 e. The smallest absolute Gasteiger partial charge is 0.337 e. The summed E-state index contributed by atoms with van der Waals surface area (Å²) in [7, 11) is 1.39. The molecule has 0 unspecified atom stereocenters. The lowest BCUT2D eigenvalue weighted by molar-refractivity contribution is -0.116. The first kappa shape index (κ1) is 50.7. The highest BCUT2D eigenvalue weighted by atomic mass is 16.5. The standard InChI is InChI=1S/C46H76N8O8/c1-5-8-30-62-45-49-42(47-40(55)21-14-12-10-9-11-13-15-29-59-34-35-61-31-26-51(6-2)7-3)41-43(50-45)54(46(57)48-41)25-18-24-53(23-17-22-52-27-32-60-33-28-52)37-38-19-16-20-39(36-38)44(56)58-4/h16,19-20,36H,5-15,17-18,21-35,37H2,1-4H3,(H,48,57)(H,47,49,50,55). The van der Waals surface area contributed by atoms with Crippen molar-refractivity contribution >= 4 is 28.9 Å². The normalized spacial score (nSPS) is 13.4. The number of morpholine rings is 1. The molecule has 3 heterocycles. The number of methoxy groups -OCH3 is 1. The number of H-pyrrole nitrogens is 1. The molecule has 1 aliphatic rings. The Morgan fingerprint density at radius 3 is 2.24 bits per heavy atom. The number of esters is 1. The van der Waals surface area contributed by atoms with Crippen molar-refractivity contribution in [2.24, 2.45) is 0 Å². The fourth-order valence-corrected chi connectivity index (χ4v) is 7.54. The van der Waals surface area contributed by atoms with E-state index in [9.17, 15) is 14.4 Å². The van der Waals surface area contributed by atoms with Crippen molar-refractivity contribution < 1.29 is 33.3 Å². The van der Waals surface area contributed by atoms with Gasteiger partial charge in [0.05, 0.1) is 52.3 Å². The number of carbonyl (C=O) groups is 2. The van der Waals surface area contributed by atoms with Gasteiger partial charge in [0.15, 0.2) is 11.5 Å². The molecule has 1 aromatic carbocycles. The van der Waals surface area contributed by atoms with Crippen LogP contribution in [0.25, 0.3) is 11.2 Å². The van der Waals surface area contributed by atoms with Gasteiger partial charge in [-0.25, -0.2) is 9.59 Å². The van der Waals surface area contributed by atoms with E-state index in [0.717, 1.165) is 142 Å². The molecule has 0 saturated carbocycles. The summed E-state index contributed by atoms with van der Waals surface area (Å²) in [6, 6.07) is 7.67. The van der Waals surface area contributed by atoms with E-state index < -0.39 is 0 Å². The van der Waals surface area contributed by atoms with Gasteiger partial charge in [0, 0.05) is 52.3 Å². The van der Waals surface area contributed by atoms with E-state index in [4.69, 9.17) is 23.7 Å². The number of hydrogen-bond acceptors (Lipinski definition) is 13. The number of unbranched alkanes of at least 4 members (excludes halogenated alkanes) is 7. The molecule has 1 saturated heterocycles. The zero-order chi connectivity index (χ0) is 44.2. The SMILES string of the molecule is CCCCOc1nc(NC(=O)CCCCCCCCCOCCOCCN(CC)CC)c2[nH]c(=O)n(CCCN(CCCN3CCOCC3)Cc3cccc(C(=O)OC)c3)c2n1. The molecule has 348 valence electrons. The van der Waals surface area contributed by atoms with E-state index >= 15 is 0 Å². The molecule has 62 heavy (non-hydrogen) atoms. The van der Waals surface area contributed by atoms with Crippen molar-refractivity contribution in [3.8, 4) is 6.01 Å². The number of likely N-dealkylation sites (N-methyl/N-ethyl adjacent to an activating group) is 1. The van der Waals surface area contributed by atoms with E-state index in [1.54, 1.807) is 10.6 Å². The average molecular weight is 869 g/mol. The zero-order valence-corrected chi connectivity index (χ0v) is 38.3. The number of benzene rings is 1. The molecule has 1 fully saturated rings. The maximum atomic E-state index is 13.4. The lowest BCUT2D eigenvalue weighted by Gasteiger charge is -2.28. The lowest BCUT2D eigenvalue weighted by Crippen LogP contribution is -2.38. The average Bonchev–Trinajstić information content (AvgIpc) is 3.60. The van der Waals surface area contributed by atoms with E-state index in [1.807, 2.05) is 18.2 Å². The molecular weight excluding hydrogens is 793 g/mol. The highest BCUT2D eigenvalue weighted by Gasteiger charge is 2.19. The van der Waals surface area contributed by atoms with Gasteiger partial charge in [-0.15, -0.1) is 0 Å². The predicted octanol–water partition coefficient (Wildman–Crippen LogP) is 6.13. The van der Waals surface area contributed by atoms with Crippen molar-refractivity contribution in [3.05, 3.63) is 45.9 Å². The van der Waals surface area contributed by atoms with Crippen LogP contribution in [0.15, 0.2) is 29.1 Å². The minimum atomic E-state index is -0.363. The summed E-state index contributed by atoms with van der Waals surface area (Å²) >= 11 is 0. The summed E-state index contributed by atoms with van der Waals surface area (Å²) in [4.78, 5) is 58.1. The van der Waals surface area contributed by atoms with Crippen LogP contribution in [-0.4, -0.2) is 152 Å². The third-order valence-corrected chi connectivity index (χ3v) is 11.3. The lowest BCUT2D eigenvalue weighted by atomic mass is 10.1. The highest BCUT2D eigenvalue weighted by molar-refractivity contribution is 5.97. The summed E-state index contributed by atoms with van der Waals surface area (Å²) in [6.07, 6.45) is 11.0. The quantitative estimate of drug-likeness (QED) is 0.0521. The molecule has 0 atom stereocenters. The minimum Gasteiger partial charge on any atom is -0.465 e. The van der Waals surface area contributed by atoms with Crippen LogP contribution in [0, 0.1) is 0 Å². The number of ether oxygens (including phenoxy) is 5. The molecule has 0 radical (unpaired) electrons. The molecule has 3 aromatic rings. The van der Waals surface area contributed by atoms with Crippen molar-refractivity contribution in [1.29, 1.82) is 0 Å². The Bertz CT molecular complexity index is 1760. The van der Waals surface area contributed by atoms with Crippen molar-refractivity contribution in [1.82, 2.24) is 34.2 Å². The van der Waals surface area contributed by atoms with Crippen LogP contribution in [-0.2, 0) is 36.8 Å². The number of anilines is 1. The second-order valence-electron chi connectivity index (χ2n) is 16.0. The third kappa shape index (κ3) is 18.8. The first-order valence-corrected chi connectivity index (χ1v) is 23.4. The second kappa shape index (κ2) is 30.2. The number of imidazole rings is 1. The highest BCUT2D eigenvalue weighted by Crippen LogP contribution is 2.22. The number of fused-ring (bicyclic) bond motifs is 1. The number of nitrogens with zero attached hydrogens (tertiary/aromatic N) is 6. The van der Waals surface area contributed by atoms with Crippen molar-refractivity contribution in [2.75, 3.05) is 111 Å². The van der Waals surface area contributed by atoms with Gasteiger partial charge in [0.25, 0.3) is 0 Å². The van der Waals surface area contributed by atoms with Gasteiger partial charge in [-0.2, -0.15) is 9.97 Å². The minimum absolute atomic E-state index is 0.133. The Morgan fingerprint density at radius 1 is 0.806 bits per heavy atom. The summed E-state index contributed by atoms with van der Waals surface area (Å²) in [5, 5.41) is 2.95.